The molecule has 3 rings (SSSR count). The second-order valence-electron chi connectivity index (χ2n) is 6.02. The minimum atomic E-state index is -0.203. The van der Waals surface area contributed by atoms with Gasteiger partial charge in [-0.3, -0.25) is 9.69 Å². The van der Waals surface area contributed by atoms with Crippen LogP contribution in [-0.4, -0.2) is 61.4 Å². The monoisotopic (exact) mass is 407 g/mol. The SMILES string of the molecule is CCN(CC)CCN(C(=O)C1=COCCO1)c1nc2ccc(SC)cc2s1. The normalized spacial score (nSPS) is 14.0. The summed E-state index contributed by atoms with van der Waals surface area (Å²) in [4.78, 5) is 23.0. The van der Waals surface area contributed by atoms with Crippen molar-refractivity contribution in [2.45, 2.75) is 18.7 Å². The average Bonchev–Trinajstić information content (AvgIpc) is 3.14. The highest BCUT2D eigenvalue weighted by atomic mass is 32.2. The van der Waals surface area contributed by atoms with E-state index in [1.165, 1.54) is 22.5 Å². The van der Waals surface area contributed by atoms with Gasteiger partial charge in [0, 0.05) is 18.0 Å². The summed E-state index contributed by atoms with van der Waals surface area (Å²) in [5, 5.41) is 0.690. The Hall–Kier alpha value is -1.77. The maximum absolute atomic E-state index is 13.1. The van der Waals surface area contributed by atoms with Crippen LogP contribution in [0.25, 0.3) is 10.2 Å². The maximum atomic E-state index is 13.1. The molecule has 146 valence electrons. The van der Waals surface area contributed by atoms with Crippen LogP contribution < -0.4 is 4.90 Å². The van der Waals surface area contributed by atoms with Gasteiger partial charge in [-0.15, -0.1) is 11.8 Å². The number of fused-ring (bicyclic) bond motifs is 1. The van der Waals surface area contributed by atoms with E-state index in [1.54, 1.807) is 16.7 Å². The van der Waals surface area contributed by atoms with Crippen LogP contribution in [0, 0.1) is 0 Å². The summed E-state index contributed by atoms with van der Waals surface area (Å²) in [6.07, 6.45) is 3.46. The third kappa shape index (κ3) is 4.75. The van der Waals surface area contributed by atoms with E-state index in [0.717, 1.165) is 29.9 Å². The van der Waals surface area contributed by atoms with E-state index in [0.29, 0.717) is 24.9 Å². The van der Waals surface area contributed by atoms with Crippen LogP contribution >= 0.6 is 23.1 Å². The highest BCUT2D eigenvalue weighted by Crippen LogP contribution is 2.32. The van der Waals surface area contributed by atoms with Crippen molar-refractivity contribution in [3.63, 3.8) is 0 Å². The van der Waals surface area contributed by atoms with E-state index in [9.17, 15) is 4.79 Å². The quantitative estimate of drug-likeness (QED) is 0.624. The first-order valence-corrected chi connectivity index (χ1v) is 11.1. The molecule has 0 saturated heterocycles. The van der Waals surface area contributed by atoms with Crippen molar-refractivity contribution in [2.24, 2.45) is 0 Å². The Balaban J connectivity index is 1.90. The number of thiazole rings is 1. The zero-order chi connectivity index (χ0) is 19.2. The summed E-state index contributed by atoms with van der Waals surface area (Å²) < 4.78 is 11.9. The van der Waals surface area contributed by atoms with Crippen LogP contribution in [0.2, 0.25) is 0 Å². The Labute approximate surface area is 168 Å². The van der Waals surface area contributed by atoms with Gasteiger partial charge in [-0.1, -0.05) is 25.2 Å². The fraction of sp³-hybridized carbons (Fsp3) is 0.474. The number of likely N-dealkylation sites (N-methyl/N-ethyl adjacent to an activating group) is 1. The Morgan fingerprint density at radius 3 is 2.74 bits per heavy atom. The predicted octanol–water partition coefficient (Wildman–Crippen LogP) is 3.58. The van der Waals surface area contributed by atoms with E-state index in [-0.39, 0.29) is 11.7 Å². The Morgan fingerprint density at radius 2 is 2.07 bits per heavy atom. The van der Waals surface area contributed by atoms with E-state index in [1.807, 2.05) is 6.07 Å². The van der Waals surface area contributed by atoms with Gasteiger partial charge >= 0.3 is 0 Å². The van der Waals surface area contributed by atoms with Crippen molar-refractivity contribution in [2.75, 3.05) is 50.5 Å². The van der Waals surface area contributed by atoms with Crippen molar-refractivity contribution in [1.82, 2.24) is 9.88 Å². The molecular weight excluding hydrogens is 382 g/mol. The number of carbonyl (C=O) groups is 1. The first-order chi connectivity index (χ1) is 13.2. The molecular formula is C19H25N3O3S2. The van der Waals surface area contributed by atoms with E-state index < -0.39 is 0 Å². The first-order valence-electron chi connectivity index (χ1n) is 9.09. The van der Waals surface area contributed by atoms with Crippen molar-refractivity contribution in [3.8, 4) is 0 Å². The average molecular weight is 408 g/mol. The van der Waals surface area contributed by atoms with Crippen molar-refractivity contribution in [1.29, 1.82) is 0 Å². The molecule has 0 N–H and O–H groups in total. The summed E-state index contributed by atoms with van der Waals surface area (Å²) >= 11 is 3.23. The fourth-order valence-corrected chi connectivity index (χ4v) is 4.36. The number of hydrogen-bond acceptors (Lipinski definition) is 7. The summed E-state index contributed by atoms with van der Waals surface area (Å²) in [5.41, 5.74) is 0.906. The fourth-order valence-electron chi connectivity index (χ4n) is 2.81. The molecule has 0 aliphatic carbocycles. The molecule has 0 spiro atoms. The Kier molecular flexibility index (Phi) is 6.98. The molecule has 0 unspecified atom stereocenters. The van der Waals surface area contributed by atoms with Gasteiger partial charge in [0.25, 0.3) is 5.91 Å². The summed E-state index contributed by atoms with van der Waals surface area (Å²) in [5.74, 6) is 0.0378. The number of anilines is 1. The molecule has 0 saturated carbocycles. The lowest BCUT2D eigenvalue weighted by Gasteiger charge is -2.26. The third-order valence-electron chi connectivity index (χ3n) is 4.45. The Morgan fingerprint density at radius 1 is 1.26 bits per heavy atom. The van der Waals surface area contributed by atoms with Crippen LogP contribution in [0.4, 0.5) is 5.13 Å². The molecule has 6 nitrogen and oxygen atoms in total. The van der Waals surface area contributed by atoms with Crippen molar-refractivity contribution in [3.05, 3.63) is 30.2 Å². The van der Waals surface area contributed by atoms with Crippen LogP contribution in [0.1, 0.15) is 13.8 Å². The maximum Gasteiger partial charge on any atom is 0.298 e. The third-order valence-corrected chi connectivity index (χ3v) is 6.22. The zero-order valence-corrected chi connectivity index (χ0v) is 17.6. The van der Waals surface area contributed by atoms with Gasteiger partial charge in [0.05, 0.1) is 10.2 Å². The highest BCUT2D eigenvalue weighted by Gasteiger charge is 2.26. The van der Waals surface area contributed by atoms with Crippen molar-refractivity contribution < 1.29 is 14.3 Å². The van der Waals surface area contributed by atoms with Gasteiger partial charge in [-0.05, 0) is 37.5 Å². The molecule has 1 aromatic carbocycles. The van der Waals surface area contributed by atoms with Gasteiger partial charge in [0.1, 0.15) is 19.5 Å². The van der Waals surface area contributed by atoms with Gasteiger partial charge < -0.3 is 14.4 Å². The number of benzene rings is 1. The second-order valence-corrected chi connectivity index (χ2v) is 7.90. The lowest BCUT2D eigenvalue weighted by atomic mass is 10.3. The van der Waals surface area contributed by atoms with Gasteiger partial charge in [-0.2, -0.15) is 0 Å². The van der Waals surface area contributed by atoms with E-state index in [4.69, 9.17) is 14.5 Å². The first kappa shape index (κ1) is 20.0. The topological polar surface area (TPSA) is 54.9 Å². The number of rotatable bonds is 8. The number of nitrogens with zero attached hydrogens (tertiary/aromatic N) is 3. The molecule has 1 aromatic heterocycles. The minimum Gasteiger partial charge on any atom is -0.494 e. The number of ether oxygens (including phenoxy) is 2. The smallest absolute Gasteiger partial charge is 0.298 e. The summed E-state index contributed by atoms with van der Waals surface area (Å²) in [7, 11) is 0. The standard InChI is InChI=1S/C19H25N3O3S2/c1-4-21(5-2)8-9-22(18(23)16-13-24-10-11-25-16)19-20-15-7-6-14(26-3)12-17(15)27-19/h6-7,12-13H,4-5,8-11H2,1-3H3. The largest absolute Gasteiger partial charge is 0.494 e. The summed E-state index contributed by atoms with van der Waals surface area (Å²) in [6.45, 7) is 8.31. The van der Waals surface area contributed by atoms with Gasteiger partial charge in [-0.25, -0.2) is 4.98 Å². The molecule has 8 heteroatoms. The molecule has 1 aliphatic heterocycles. The molecule has 0 bridgehead atoms. The van der Waals surface area contributed by atoms with Crippen LogP contribution in [0.3, 0.4) is 0 Å². The molecule has 2 heterocycles. The Bertz CT molecular complexity index is 818. The molecule has 2 aromatic rings. The molecule has 0 fully saturated rings. The minimum absolute atomic E-state index is 0.203. The second kappa shape index (κ2) is 9.43. The molecule has 0 radical (unpaired) electrons. The van der Waals surface area contributed by atoms with Crippen molar-refractivity contribution >= 4 is 44.4 Å². The number of aromatic nitrogens is 1. The number of hydrogen-bond donors (Lipinski definition) is 0. The molecule has 0 atom stereocenters. The van der Waals surface area contributed by atoms with Crippen LogP contribution in [0.15, 0.2) is 35.1 Å². The lowest BCUT2D eigenvalue weighted by Crippen LogP contribution is -2.40. The molecule has 27 heavy (non-hydrogen) atoms. The van der Waals surface area contributed by atoms with Crippen LogP contribution in [0.5, 0.6) is 0 Å². The van der Waals surface area contributed by atoms with E-state index >= 15 is 0 Å². The number of amides is 1. The zero-order valence-electron chi connectivity index (χ0n) is 15.9. The summed E-state index contributed by atoms with van der Waals surface area (Å²) in [6, 6.07) is 6.18. The lowest BCUT2D eigenvalue weighted by molar-refractivity contribution is -0.119. The predicted molar refractivity (Wildman–Crippen MR) is 112 cm³/mol. The van der Waals surface area contributed by atoms with Crippen LogP contribution in [-0.2, 0) is 14.3 Å². The number of thioether (sulfide) groups is 1. The van der Waals surface area contributed by atoms with Gasteiger partial charge in [0.2, 0.25) is 5.76 Å². The molecule has 1 amide bonds. The van der Waals surface area contributed by atoms with E-state index in [2.05, 4.69) is 37.1 Å². The number of carbonyl (C=O) groups excluding carboxylic acids is 1. The highest BCUT2D eigenvalue weighted by molar-refractivity contribution is 7.98. The van der Waals surface area contributed by atoms with Gasteiger partial charge in [0.15, 0.2) is 5.13 Å². The molecule has 1 aliphatic rings.